The Morgan fingerprint density at radius 2 is 1.77 bits per heavy atom. The van der Waals surface area contributed by atoms with Crippen molar-refractivity contribution in [3.05, 3.63) is 0 Å². The summed E-state index contributed by atoms with van der Waals surface area (Å²) in [6, 6.07) is 0. The van der Waals surface area contributed by atoms with Crippen molar-refractivity contribution < 1.29 is 9.47 Å². The number of likely N-dealkylation sites (tertiary alicyclic amines) is 2. The van der Waals surface area contributed by atoms with E-state index >= 15 is 0 Å². The van der Waals surface area contributed by atoms with Crippen LogP contribution in [0.5, 0.6) is 0 Å². The van der Waals surface area contributed by atoms with Crippen LogP contribution in [0.2, 0.25) is 0 Å². The Balaban J connectivity index is 0.00000338. The molecule has 0 atom stereocenters. The summed E-state index contributed by atoms with van der Waals surface area (Å²) in [5, 5.41) is 3.54. The summed E-state index contributed by atoms with van der Waals surface area (Å²) >= 11 is 0. The molecule has 0 bridgehead atoms. The van der Waals surface area contributed by atoms with Gasteiger partial charge in [0.15, 0.2) is 5.96 Å². The van der Waals surface area contributed by atoms with E-state index in [4.69, 9.17) is 9.47 Å². The molecule has 2 rings (SSSR count). The molecule has 2 saturated heterocycles. The van der Waals surface area contributed by atoms with Gasteiger partial charge in [-0.05, 0) is 64.6 Å². The topological polar surface area (TPSA) is 49.3 Å². The van der Waals surface area contributed by atoms with E-state index in [1.54, 1.807) is 7.11 Å². The lowest BCUT2D eigenvalue weighted by Gasteiger charge is -2.34. The van der Waals surface area contributed by atoms with Gasteiger partial charge in [0.1, 0.15) is 0 Å². The number of nitrogens with zero attached hydrogens (tertiary/aromatic N) is 3. The normalized spacial score (nSPS) is 19.6. The zero-order valence-electron chi connectivity index (χ0n) is 16.8. The molecule has 154 valence electrons. The molecule has 0 spiro atoms. The van der Waals surface area contributed by atoms with E-state index in [0.29, 0.717) is 6.10 Å². The Kier molecular flexibility index (Phi) is 13.7. The minimum atomic E-state index is 0. The molecule has 26 heavy (non-hydrogen) atoms. The highest BCUT2D eigenvalue weighted by Crippen LogP contribution is 2.14. The number of rotatable bonds is 10. The van der Waals surface area contributed by atoms with E-state index in [1.165, 1.54) is 45.3 Å². The molecule has 7 heteroatoms. The average molecular weight is 482 g/mol. The van der Waals surface area contributed by atoms with Gasteiger partial charge in [0.05, 0.1) is 6.10 Å². The molecular weight excluding hydrogens is 443 g/mol. The third kappa shape index (κ3) is 9.19. The molecule has 1 N–H and O–H groups in total. The summed E-state index contributed by atoms with van der Waals surface area (Å²) in [4.78, 5) is 9.42. The predicted octanol–water partition coefficient (Wildman–Crippen LogP) is 2.57. The summed E-state index contributed by atoms with van der Waals surface area (Å²) in [6.45, 7) is 8.54. The first-order valence-corrected chi connectivity index (χ1v) is 10.1. The van der Waals surface area contributed by atoms with Crippen LogP contribution in [0.3, 0.4) is 0 Å². The van der Waals surface area contributed by atoms with Gasteiger partial charge in [-0.25, -0.2) is 0 Å². The molecule has 2 heterocycles. The van der Waals surface area contributed by atoms with E-state index in [0.717, 1.165) is 58.1 Å². The van der Waals surface area contributed by atoms with E-state index < -0.39 is 0 Å². The van der Waals surface area contributed by atoms with E-state index in [9.17, 15) is 0 Å². The maximum Gasteiger partial charge on any atom is 0.193 e. The molecule has 0 aromatic heterocycles. The van der Waals surface area contributed by atoms with Crippen molar-refractivity contribution in [2.75, 3.05) is 66.6 Å². The van der Waals surface area contributed by atoms with Crippen LogP contribution in [-0.4, -0.2) is 88.5 Å². The van der Waals surface area contributed by atoms with Crippen molar-refractivity contribution in [2.24, 2.45) is 4.99 Å². The van der Waals surface area contributed by atoms with Gasteiger partial charge in [0.25, 0.3) is 0 Å². The summed E-state index contributed by atoms with van der Waals surface area (Å²) in [5.74, 6) is 1.05. The van der Waals surface area contributed by atoms with Gasteiger partial charge in [-0.1, -0.05) is 0 Å². The van der Waals surface area contributed by atoms with Gasteiger partial charge in [-0.3, -0.25) is 4.99 Å². The van der Waals surface area contributed by atoms with Gasteiger partial charge in [-0.2, -0.15) is 0 Å². The van der Waals surface area contributed by atoms with Crippen molar-refractivity contribution in [3.8, 4) is 0 Å². The summed E-state index contributed by atoms with van der Waals surface area (Å²) in [7, 11) is 3.63. The second-order valence-electron chi connectivity index (χ2n) is 7.13. The smallest absolute Gasteiger partial charge is 0.193 e. The van der Waals surface area contributed by atoms with Crippen LogP contribution in [-0.2, 0) is 9.47 Å². The first-order chi connectivity index (χ1) is 12.3. The Hall–Kier alpha value is -0.120. The fourth-order valence-electron chi connectivity index (χ4n) is 3.69. The largest absolute Gasteiger partial charge is 0.385 e. The Morgan fingerprint density at radius 3 is 2.42 bits per heavy atom. The maximum absolute atomic E-state index is 5.94. The van der Waals surface area contributed by atoms with Crippen LogP contribution in [0, 0.1) is 0 Å². The lowest BCUT2D eigenvalue weighted by molar-refractivity contribution is 0.00991. The predicted molar refractivity (Wildman–Crippen MR) is 119 cm³/mol. The standard InChI is InChI=1S/C19H38N4O2.HI/c1-20-19(21-10-3-4-11-22-12-5-6-13-22)23-14-8-18(9-15-23)25-17-7-16-24-2;/h18H,3-17H2,1-2H3,(H,20,21);1H. The molecule has 0 saturated carbocycles. The highest BCUT2D eigenvalue weighted by atomic mass is 127. The number of halogens is 1. The van der Waals surface area contributed by atoms with Crippen LogP contribution >= 0.6 is 24.0 Å². The molecule has 2 aliphatic heterocycles. The average Bonchev–Trinajstić information content (AvgIpc) is 3.16. The van der Waals surface area contributed by atoms with Gasteiger partial charge in [-0.15, -0.1) is 24.0 Å². The molecule has 0 aliphatic carbocycles. The zero-order chi connectivity index (χ0) is 17.7. The number of guanidine groups is 1. The van der Waals surface area contributed by atoms with Crippen LogP contribution in [0.4, 0.5) is 0 Å². The van der Waals surface area contributed by atoms with Crippen molar-refractivity contribution in [2.45, 2.75) is 51.0 Å². The van der Waals surface area contributed by atoms with Gasteiger partial charge in [0, 0.05) is 47.0 Å². The van der Waals surface area contributed by atoms with Crippen LogP contribution < -0.4 is 5.32 Å². The number of aliphatic imine (C=N–C) groups is 1. The second kappa shape index (κ2) is 14.9. The summed E-state index contributed by atoms with van der Waals surface area (Å²) < 4.78 is 11.0. The number of hydrogen-bond donors (Lipinski definition) is 1. The van der Waals surface area contributed by atoms with Crippen molar-refractivity contribution >= 4 is 29.9 Å². The molecule has 0 aromatic rings. The molecule has 0 radical (unpaired) electrons. The number of unbranched alkanes of at least 4 members (excludes halogenated alkanes) is 1. The fourth-order valence-corrected chi connectivity index (χ4v) is 3.69. The van der Waals surface area contributed by atoms with Gasteiger partial charge < -0.3 is 24.6 Å². The monoisotopic (exact) mass is 482 g/mol. The molecule has 2 fully saturated rings. The lowest BCUT2D eigenvalue weighted by Crippen LogP contribution is -2.47. The lowest BCUT2D eigenvalue weighted by atomic mass is 10.1. The van der Waals surface area contributed by atoms with E-state index in [2.05, 4.69) is 20.1 Å². The quantitative estimate of drug-likeness (QED) is 0.225. The fraction of sp³-hybridized carbons (Fsp3) is 0.947. The molecule has 2 aliphatic rings. The first-order valence-electron chi connectivity index (χ1n) is 10.1. The van der Waals surface area contributed by atoms with E-state index in [1.807, 2.05) is 7.05 Å². The van der Waals surface area contributed by atoms with Gasteiger partial charge >= 0.3 is 0 Å². The van der Waals surface area contributed by atoms with Crippen molar-refractivity contribution in [1.29, 1.82) is 0 Å². The van der Waals surface area contributed by atoms with Gasteiger partial charge in [0.2, 0.25) is 0 Å². The zero-order valence-corrected chi connectivity index (χ0v) is 19.1. The molecular formula is C19H39IN4O2. The van der Waals surface area contributed by atoms with Crippen LogP contribution in [0.15, 0.2) is 4.99 Å². The SMILES string of the molecule is CN=C(NCCCCN1CCCC1)N1CCC(OCCCOC)CC1.I. The number of ether oxygens (including phenoxy) is 2. The number of hydrogen-bond acceptors (Lipinski definition) is 4. The Morgan fingerprint density at radius 1 is 1.04 bits per heavy atom. The highest BCUT2D eigenvalue weighted by Gasteiger charge is 2.21. The van der Waals surface area contributed by atoms with Crippen molar-refractivity contribution in [3.63, 3.8) is 0 Å². The Labute approximate surface area is 177 Å². The number of piperidine rings is 1. The molecule has 6 nitrogen and oxygen atoms in total. The summed E-state index contributed by atoms with van der Waals surface area (Å²) in [5.41, 5.74) is 0. The highest BCUT2D eigenvalue weighted by molar-refractivity contribution is 14.0. The third-order valence-electron chi connectivity index (χ3n) is 5.18. The molecule has 0 aromatic carbocycles. The first kappa shape index (κ1) is 23.9. The molecule has 0 amide bonds. The Bertz CT molecular complexity index is 371. The minimum absolute atomic E-state index is 0. The number of methoxy groups -OCH3 is 1. The maximum atomic E-state index is 5.94. The third-order valence-corrected chi connectivity index (χ3v) is 5.18. The summed E-state index contributed by atoms with van der Waals surface area (Å²) in [6.07, 6.45) is 8.82. The minimum Gasteiger partial charge on any atom is -0.385 e. The molecule has 0 unspecified atom stereocenters. The number of nitrogens with one attached hydrogen (secondary N) is 1. The van der Waals surface area contributed by atoms with Crippen LogP contribution in [0.25, 0.3) is 0 Å². The van der Waals surface area contributed by atoms with E-state index in [-0.39, 0.29) is 24.0 Å². The van der Waals surface area contributed by atoms with Crippen molar-refractivity contribution in [1.82, 2.24) is 15.1 Å². The van der Waals surface area contributed by atoms with Crippen LogP contribution in [0.1, 0.15) is 44.9 Å². The second-order valence-corrected chi connectivity index (χ2v) is 7.13.